The van der Waals surface area contributed by atoms with Gasteiger partial charge in [0.1, 0.15) is 19.3 Å². The first-order valence-electron chi connectivity index (χ1n) is 10.8. The Labute approximate surface area is 179 Å². The molecule has 0 bridgehead atoms. The molecule has 2 aliphatic heterocycles. The summed E-state index contributed by atoms with van der Waals surface area (Å²) in [6, 6.07) is 4.05. The maximum atomic E-state index is 12.7. The van der Waals surface area contributed by atoms with E-state index >= 15 is 0 Å². The summed E-state index contributed by atoms with van der Waals surface area (Å²) in [4.78, 5) is 15.2. The third-order valence-electron chi connectivity index (χ3n) is 5.52. The van der Waals surface area contributed by atoms with Crippen LogP contribution in [-0.4, -0.2) is 70.9 Å². The molecule has 1 N–H and O–H groups in total. The Hall–Kier alpha value is -2.00. The number of nitrogens with one attached hydrogen (secondary N) is 1. The fraction of sp³-hybridized carbons (Fsp3) is 0.667. The molecule has 3 rings (SSSR count). The van der Waals surface area contributed by atoms with Gasteiger partial charge in [-0.2, -0.15) is 0 Å². The van der Waals surface area contributed by atoms with E-state index in [4.69, 9.17) is 9.47 Å². The number of anilines is 1. The average Bonchev–Trinajstić information content (AvgIpc) is 2.99. The smallest absolute Gasteiger partial charge is 0.243 e. The lowest BCUT2D eigenvalue weighted by atomic mass is 10.2. The van der Waals surface area contributed by atoms with Crippen LogP contribution in [0.2, 0.25) is 0 Å². The summed E-state index contributed by atoms with van der Waals surface area (Å²) in [5, 5.41) is 2.89. The van der Waals surface area contributed by atoms with Crippen molar-refractivity contribution in [3.8, 4) is 11.5 Å². The molecule has 168 valence electrons. The van der Waals surface area contributed by atoms with Gasteiger partial charge in [0.2, 0.25) is 15.9 Å². The molecule has 8 nitrogen and oxygen atoms in total. The lowest BCUT2D eigenvalue weighted by molar-refractivity contribution is -0.121. The topological polar surface area (TPSA) is 88.2 Å². The van der Waals surface area contributed by atoms with Crippen LogP contribution in [0.5, 0.6) is 11.5 Å². The number of rotatable bonds is 8. The minimum atomic E-state index is -3.67. The molecule has 1 saturated heterocycles. The minimum absolute atomic E-state index is 0.314. The highest BCUT2D eigenvalue weighted by atomic mass is 32.2. The van der Waals surface area contributed by atoms with E-state index in [2.05, 4.69) is 10.2 Å². The van der Waals surface area contributed by atoms with E-state index in [9.17, 15) is 13.2 Å². The van der Waals surface area contributed by atoms with Gasteiger partial charge in [-0.05, 0) is 58.0 Å². The Morgan fingerprint density at radius 2 is 1.80 bits per heavy atom. The third-order valence-corrected chi connectivity index (χ3v) is 6.76. The molecule has 2 heterocycles. The molecule has 30 heavy (non-hydrogen) atoms. The second-order valence-corrected chi connectivity index (χ2v) is 9.82. The summed E-state index contributed by atoms with van der Waals surface area (Å²) >= 11 is 0. The van der Waals surface area contributed by atoms with Crippen molar-refractivity contribution in [2.75, 3.05) is 50.0 Å². The van der Waals surface area contributed by atoms with Gasteiger partial charge in [0.25, 0.3) is 0 Å². The van der Waals surface area contributed by atoms with Gasteiger partial charge in [-0.1, -0.05) is 12.8 Å². The molecule has 9 heteroatoms. The van der Waals surface area contributed by atoms with Gasteiger partial charge >= 0.3 is 0 Å². The second kappa shape index (κ2) is 10.3. The van der Waals surface area contributed by atoms with E-state index in [0.29, 0.717) is 36.9 Å². The maximum absolute atomic E-state index is 12.7. The average molecular weight is 440 g/mol. The van der Waals surface area contributed by atoms with Crippen LogP contribution in [0, 0.1) is 0 Å². The summed E-state index contributed by atoms with van der Waals surface area (Å²) in [5.74, 6) is 0.743. The summed E-state index contributed by atoms with van der Waals surface area (Å²) in [5.41, 5.74) is 0.383. The SMILES string of the molecule is CC(C(=O)NCCCN1CCCCCC1)N(c1ccc2c(c1)OCCO2)S(C)(=O)=O. The van der Waals surface area contributed by atoms with Crippen LogP contribution in [0.25, 0.3) is 0 Å². The van der Waals surface area contributed by atoms with Crippen molar-refractivity contribution < 1.29 is 22.7 Å². The zero-order valence-electron chi connectivity index (χ0n) is 17.9. The van der Waals surface area contributed by atoms with Crippen LogP contribution in [0.4, 0.5) is 5.69 Å². The highest BCUT2D eigenvalue weighted by Gasteiger charge is 2.30. The Morgan fingerprint density at radius 3 is 2.47 bits per heavy atom. The molecule has 1 atom stereocenters. The zero-order valence-corrected chi connectivity index (χ0v) is 18.7. The molecule has 0 aliphatic carbocycles. The number of fused-ring (bicyclic) bond motifs is 1. The zero-order chi connectivity index (χ0) is 21.6. The Balaban J connectivity index is 1.59. The summed E-state index contributed by atoms with van der Waals surface area (Å²) < 4.78 is 37.2. The summed E-state index contributed by atoms with van der Waals surface area (Å²) in [6.45, 7) is 6.18. The van der Waals surface area contributed by atoms with Crippen LogP contribution in [0.15, 0.2) is 18.2 Å². The van der Waals surface area contributed by atoms with Crippen LogP contribution < -0.4 is 19.1 Å². The lowest BCUT2D eigenvalue weighted by Crippen LogP contribution is -2.48. The van der Waals surface area contributed by atoms with Crippen LogP contribution in [0.3, 0.4) is 0 Å². The lowest BCUT2D eigenvalue weighted by Gasteiger charge is -2.29. The number of carbonyl (C=O) groups excluding carboxylic acids is 1. The van der Waals surface area contributed by atoms with E-state index < -0.39 is 16.1 Å². The number of amides is 1. The van der Waals surface area contributed by atoms with Crippen LogP contribution in [0.1, 0.15) is 39.0 Å². The molecule has 1 fully saturated rings. The second-order valence-electron chi connectivity index (χ2n) is 7.96. The number of sulfonamides is 1. The predicted octanol–water partition coefficient (Wildman–Crippen LogP) is 1.99. The number of hydrogen-bond acceptors (Lipinski definition) is 6. The first kappa shape index (κ1) is 22.7. The molecule has 0 radical (unpaired) electrons. The van der Waals surface area contributed by atoms with Crippen molar-refractivity contribution in [1.82, 2.24) is 10.2 Å². The van der Waals surface area contributed by atoms with Gasteiger partial charge in [-0.15, -0.1) is 0 Å². The first-order chi connectivity index (χ1) is 14.4. The normalized spacial score (nSPS) is 18.3. The Morgan fingerprint density at radius 1 is 1.13 bits per heavy atom. The van der Waals surface area contributed by atoms with Crippen molar-refractivity contribution in [3.63, 3.8) is 0 Å². The molecule has 2 aliphatic rings. The molecule has 1 aromatic carbocycles. The van der Waals surface area contributed by atoms with E-state index in [1.54, 1.807) is 25.1 Å². The van der Waals surface area contributed by atoms with Crippen LogP contribution >= 0.6 is 0 Å². The van der Waals surface area contributed by atoms with Crippen molar-refractivity contribution in [1.29, 1.82) is 0 Å². The molecule has 1 aromatic rings. The van der Waals surface area contributed by atoms with Crippen LogP contribution in [-0.2, 0) is 14.8 Å². The number of likely N-dealkylation sites (tertiary alicyclic amines) is 1. The van der Waals surface area contributed by atoms with Crippen molar-refractivity contribution in [3.05, 3.63) is 18.2 Å². The maximum Gasteiger partial charge on any atom is 0.243 e. The third kappa shape index (κ3) is 6.01. The highest BCUT2D eigenvalue weighted by molar-refractivity contribution is 7.92. The molecule has 0 saturated carbocycles. The molecule has 1 unspecified atom stereocenters. The number of hydrogen-bond donors (Lipinski definition) is 1. The van der Waals surface area contributed by atoms with Gasteiger partial charge in [0.15, 0.2) is 11.5 Å². The van der Waals surface area contributed by atoms with E-state index in [-0.39, 0.29) is 5.91 Å². The molecule has 1 amide bonds. The van der Waals surface area contributed by atoms with Crippen molar-refractivity contribution in [2.45, 2.75) is 45.1 Å². The van der Waals surface area contributed by atoms with Crippen molar-refractivity contribution >= 4 is 21.6 Å². The molecule has 0 spiro atoms. The largest absolute Gasteiger partial charge is 0.486 e. The van der Waals surface area contributed by atoms with Gasteiger partial charge in [-0.3, -0.25) is 9.10 Å². The standard InChI is InChI=1S/C21H33N3O5S/c1-17(21(25)22-10-7-13-23-11-5-3-4-6-12-23)24(30(2,26)27)18-8-9-19-20(16-18)29-15-14-28-19/h8-9,16-17H,3-7,10-15H2,1-2H3,(H,22,25). The summed E-state index contributed by atoms with van der Waals surface area (Å²) in [7, 11) is -3.67. The molecular formula is C21H33N3O5S. The highest BCUT2D eigenvalue weighted by Crippen LogP contribution is 2.35. The first-order valence-corrected chi connectivity index (χ1v) is 12.6. The van der Waals surface area contributed by atoms with E-state index in [0.717, 1.165) is 36.6 Å². The van der Waals surface area contributed by atoms with Gasteiger partial charge in [0.05, 0.1) is 11.9 Å². The van der Waals surface area contributed by atoms with Crippen molar-refractivity contribution in [2.24, 2.45) is 0 Å². The van der Waals surface area contributed by atoms with E-state index in [1.165, 1.54) is 25.7 Å². The minimum Gasteiger partial charge on any atom is -0.486 e. The fourth-order valence-corrected chi connectivity index (χ4v) is 5.17. The number of ether oxygens (including phenoxy) is 2. The molecular weight excluding hydrogens is 406 g/mol. The Kier molecular flexibility index (Phi) is 7.82. The van der Waals surface area contributed by atoms with Gasteiger partial charge in [0, 0.05) is 12.6 Å². The number of nitrogens with zero attached hydrogens (tertiary/aromatic N) is 2. The van der Waals surface area contributed by atoms with Gasteiger partial charge in [-0.25, -0.2) is 8.42 Å². The number of benzene rings is 1. The van der Waals surface area contributed by atoms with Gasteiger partial charge < -0.3 is 19.7 Å². The number of carbonyl (C=O) groups is 1. The summed E-state index contributed by atoms with van der Waals surface area (Å²) in [6.07, 6.45) is 7.02. The fourth-order valence-electron chi connectivity index (χ4n) is 4.00. The quantitative estimate of drug-likeness (QED) is 0.624. The van der Waals surface area contributed by atoms with E-state index in [1.807, 2.05) is 0 Å². The monoisotopic (exact) mass is 439 g/mol. The molecule has 0 aromatic heterocycles. The predicted molar refractivity (Wildman–Crippen MR) is 117 cm³/mol. The Bertz CT molecular complexity index is 822.